The Bertz CT molecular complexity index is 1360. The van der Waals surface area contributed by atoms with E-state index in [4.69, 9.17) is 0 Å². The molecular weight excluding hydrogens is 414 g/mol. The third-order valence-corrected chi connectivity index (χ3v) is 6.25. The normalized spacial score (nSPS) is 11.5. The predicted octanol–water partition coefficient (Wildman–Crippen LogP) is 2.71. The van der Waals surface area contributed by atoms with Crippen molar-refractivity contribution in [2.75, 3.05) is 0 Å². The minimum Gasteiger partial charge on any atom is -0.325 e. The number of thioether (sulfide) groups is 1. The maximum Gasteiger partial charge on any atom is 0.330 e. The van der Waals surface area contributed by atoms with Crippen molar-refractivity contribution in [2.45, 2.75) is 51.1 Å². The summed E-state index contributed by atoms with van der Waals surface area (Å²) in [4.78, 5) is 31.9. The lowest BCUT2D eigenvalue weighted by atomic mass is 10.2. The summed E-state index contributed by atoms with van der Waals surface area (Å²) >= 11 is 1.49. The van der Waals surface area contributed by atoms with E-state index in [0.29, 0.717) is 29.3 Å². The summed E-state index contributed by atoms with van der Waals surface area (Å²) in [5.41, 5.74) is 2.15. The molecule has 0 aliphatic heterocycles. The summed E-state index contributed by atoms with van der Waals surface area (Å²) in [6.45, 7) is 6.55. The number of unbranched alkanes of at least 4 members (excludes halogenated alkanes) is 1. The number of fused-ring (bicyclic) bond motifs is 1. The van der Waals surface area contributed by atoms with Crippen LogP contribution in [0.2, 0.25) is 0 Å². The van der Waals surface area contributed by atoms with Gasteiger partial charge in [-0.3, -0.25) is 18.9 Å². The number of aromatic amines is 1. The molecule has 3 aromatic heterocycles. The first-order valence-electron chi connectivity index (χ1n) is 10.2. The smallest absolute Gasteiger partial charge is 0.325 e. The number of benzene rings is 1. The van der Waals surface area contributed by atoms with Crippen LogP contribution in [0.5, 0.6) is 0 Å². The molecule has 1 aromatic carbocycles. The lowest BCUT2D eigenvalue weighted by Gasteiger charge is -2.11. The van der Waals surface area contributed by atoms with Gasteiger partial charge in [0.2, 0.25) is 0 Å². The number of rotatable bonds is 7. The van der Waals surface area contributed by atoms with E-state index in [1.165, 1.54) is 11.8 Å². The quantitative estimate of drug-likeness (QED) is 0.444. The van der Waals surface area contributed by atoms with Gasteiger partial charge in [0, 0.05) is 13.6 Å². The van der Waals surface area contributed by atoms with Crippen LogP contribution < -0.4 is 11.2 Å². The number of imidazole rings is 1. The minimum atomic E-state index is -0.419. The third-order valence-electron chi connectivity index (χ3n) is 5.32. The topological polar surface area (TPSA) is 103 Å². The van der Waals surface area contributed by atoms with Crippen LogP contribution in [0, 0.1) is 13.8 Å². The molecule has 0 bridgehead atoms. The Morgan fingerprint density at radius 1 is 1.13 bits per heavy atom. The van der Waals surface area contributed by atoms with E-state index in [0.717, 1.165) is 35.1 Å². The second-order valence-corrected chi connectivity index (χ2v) is 8.41. The molecule has 0 atom stereocenters. The Hall–Kier alpha value is -3.14. The van der Waals surface area contributed by atoms with Gasteiger partial charge < -0.3 is 4.57 Å². The third kappa shape index (κ3) is 3.83. The van der Waals surface area contributed by atoms with Crippen molar-refractivity contribution >= 4 is 22.9 Å². The van der Waals surface area contributed by atoms with Gasteiger partial charge in [-0.2, -0.15) is 0 Å². The molecule has 162 valence electrons. The molecule has 0 fully saturated rings. The number of aromatic nitrogens is 7. The van der Waals surface area contributed by atoms with Crippen LogP contribution in [-0.2, 0) is 19.3 Å². The highest BCUT2D eigenvalue weighted by Gasteiger charge is 2.18. The lowest BCUT2D eigenvalue weighted by Crippen LogP contribution is -2.31. The molecule has 0 unspecified atom stereocenters. The Morgan fingerprint density at radius 3 is 2.65 bits per heavy atom. The van der Waals surface area contributed by atoms with Gasteiger partial charge in [0.15, 0.2) is 16.3 Å². The van der Waals surface area contributed by atoms with E-state index in [2.05, 4.69) is 40.1 Å². The number of nitrogens with zero attached hydrogens (tertiary/aromatic N) is 6. The minimum absolute atomic E-state index is 0.405. The second kappa shape index (κ2) is 8.54. The summed E-state index contributed by atoms with van der Waals surface area (Å²) in [6.07, 6.45) is 1.77. The van der Waals surface area contributed by atoms with Crippen LogP contribution in [-0.4, -0.2) is 33.9 Å². The largest absolute Gasteiger partial charge is 0.330 e. The van der Waals surface area contributed by atoms with Crippen LogP contribution >= 0.6 is 11.8 Å². The Morgan fingerprint density at radius 2 is 1.90 bits per heavy atom. The molecule has 0 aliphatic rings. The monoisotopic (exact) mass is 439 g/mol. The van der Waals surface area contributed by atoms with Gasteiger partial charge in [-0.05, 0) is 31.9 Å². The summed E-state index contributed by atoms with van der Waals surface area (Å²) in [7, 11) is 1.80. The van der Waals surface area contributed by atoms with Crippen molar-refractivity contribution < 1.29 is 0 Å². The molecule has 0 aliphatic carbocycles. The van der Waals surface area contributed by atoms with Crippen LogP contribution in [0.15, 0.2) is 39.0 Å². The molecule has 0 saturated heterocycles. The van der Waals surface area contributed by atoms with Crippen LogP contribution in [0.3, 0.4) is 0 Å². The summed E-state index contributed by atoms with van der Waals surface area (Å²) in [6, 6.07) is 8.08. The molecule has 0 amide bonds. The molecule has 0 radical (unpaired) electrons. The Balaban J connectivity index is 1.71. The fourth-order valence-electron chi connectivity index (χ4n) is 3.60. The standard InChI is InChI=1S/C21H25N7O2S/c1-5-6-11-27-18-17(19(29)23-20(27)30)26(4)16(22-18)12-31-21-25-24-14(3)28(21)15-10-8-7-9-13(15)2/h7-10H,5-6,11-12H2,1-4H3,(H,23,29,30). The van der Waals surface area contributed by atoms with Gasteiger partial charge in [-0.1, -0.05) is 43.3 Å². The van der Waals surface area contributed by atoms with E-state index in [9.17, 15) is 9.59 Å². The van der Waals surface area contributed by atoms with E-state index in [1.807, 2.05) is 29.7 Å². The summed E-state index contributed by atoms with van der Waals surface area (Å²) < 4.78 is 5.32. The number of H-pyrrole nitrogens is 1. The molecule has 10 heteroatoms. The molecule has 3 heterocycles. The molecule has 0 saturated carbocycles. The van der Waals surface area contributed by atoms with E-state index < -0.39 is 11.2 Å². The van der Waals surface area contributed by atoms with Crippen molar-refractivity contribution in [2.24, 2.45) is 7.05 Å². The highest BCUT2D eigenvalue weighted by Crippen LogP contribution is 2.27. The van der Waals surface area contributed by atoms with E-state index >= 15 is 0 Å². The number of hydrogen-bond donors (Lipinski definition) is 1. The Labute approximate surface area is 183 Å². The SMILES string of the molecule is CCCCn1c(=O)[nH]c(=O)c2c1nc(CSc1nnc(C)n1-c1ccccc1C)n2C. The van der Waals surface area contributed by atoms with Crippen LogP contribution in [0.1, 0.15) is 37.0 Å². The molecule has 31 heavy (non-hydrogen) atoms. The maximum atomic E-state index is 12.5. The molecule has 9 nitrogen and oxygen atoms in total. The molecule has 4 aromatic rings. The first-order chi connectivity index (χ1) is 14.9. The van der Waals surface area contributed by atoms with Gasteiger partial charge in [0.1, 0.15) is 11.6 Å². The van der Waals surface area contributed by atoms with E-state index in [-0.39, 0.29) is 0 Å². The highest BCUT2D eigenvalue weighted by molar-refractivity contribution is 7.98. The molecule has 0 spiro atoms. The van der Waals surface area contributed by atoms with Crippen molar-refractivity contribution in [3.8, 4) is 5.69 Å². The maximum absolute atomic E-state index is 12.5. The fraction of sp³-hybridized carbons (Fsp3) is 0.381. The first-order valence-corrected chi connectivity index (χ1v) is 11.2. The van der Waals surface area contributed by atoms with Gasteiger partial charge in [-0.25, -0.2) is 9.78 Å². The van der Waals surface area contributed by atoms with Gasteiger partial charge in [-0.15, -0.1) is 10.2 Å². The zero-order valence-electron chi connectivity index (χ0n) is 18.0. The fourth-order valence-corrected chi connectivity index (χ4v) is 4.58. The number of para-hydroxylation sites is 1. The second-order valence-electron chi connectivity index (χ2n) is 7.46. The molecule has 4 rings (SSSR count). The predicted molar refractivity (Wildman–Crippen MR) is 121 cm³/mol. The van der Waals surface area contributed by atoms with Crippen molar-refractivity contribution in [1.29, 1.82) is 0 Å². The van der Waals surface area contributed by atoms with Gasteiger partial charge in [0.25, 0.3) is 5.56 Å². The lowest BCUT2D eigenvalue weighted by molar-refractivity contribution is 0.613. The highest BCUT2D eigenvalue weighted by atomic mass is 32.2. The first kappa shape index (κ1) is 21.1. The Kier molecular flexibility index (Phi) is 5.81. The molecule has 1 N–H and O–H groups in total. The van der Waals surface area contributed by atoms with Crippen molar-refractivity contribution in [3.05, 3.63) is 62.3 Å². The average Bonchev–Trinajstić information content (AvgIpc) is 3.26. The number of hydrogen-bond acceptors (Lipinski definition) is 6. The van der Waals surface area contributed by atoms with E-state index in [1.54, 1.807) is 16.2 Å². The van der Waals surface area contributed by atoms with Crippen molar-refractivity contribution in [3.63, 3.8) is 0 Å². The zero-order valence-corrected chi connectivity index (χ0v) is 18.9. The van der Waals surface area contributed by atoms with Crippen LogP contribution in [0.4, 0.5) is 0 Å². The van der Waals surface area contributed by atoms with Crippen LogP contribution in [0.25, 0.3) is 16.9 Å². The summed E-state index contributed by atoms with van der Waals surface area (Å²) in [5, 5.41) is 9.33. The zero-order chi connectivity index (χ0) is 22.1. The van der Waals surface area contributed by atoms with Gasteiger partial charge >= 0.3 is 5.69 Å². The average molecular weight is 440 g/mol. The molecular formula is C21H25N7O2S. The number of aryl methyl sites for hydroxylation is 4. The number of nitrogens with one attached hydrogen (secondary N) is 1. The van der Waals surface area contributed by atoms with Gasteiger partial charge in [0.05, 0.1) is 11.4 Å². The van der Waals surface area contributed by atoms with Crippen molar-refractivity contribution in [1.82, 2.24) is 33.9 Å². The summed E-state index contributed by atoms with van der Waals surface area (Å²) in [5.74, 6) is 1.97.